The number of hydrogen-bond acceptors (Lipinski definition) is 2. The van der Waals surface area contributed by atoms with E-state index in [1.54, 1.807) is 0 Å². The molecule has 1 fully saturated rings. The first-order chi connectivity index (χ1) is 9.88. The molecule has 0 aliphatic heterocycles. The van der Waals surface area contributed by atoms with Crippen molar-refractivity contribution in [3.63, 3.8) is 0 Å². The van der Waals surface area contributed by atoms with Crippen LogP contribution >= 0.6 is 11.6 Å². The standard InChI is InChI=1S/C18H24ClNO/c1-11-4-6-14(15(20)8-11)18(2,3)17-10-12-9-13(19)5-7-16(12)21-17/h5,7,9-11,14-15H,4,6,8,20H2,1-3H3. The minimum atomic E-state index is -0.0505. The van der Waals surface area contributed by atoms with E-state index >= 15 is 0 Å². The highest BCUT2D eigenvalue weighted by Crippen LogP contribution is 2.43. The number of furan rings is 1. The van der Waals surface area contributed by atoms with E-state index < -0.39 is 0 Å². The van der Waals surface area contributed by atoms with E-state index in [9.17, 15) is 0 Å². The van der Waals surface area contributed by atoms with Gasteiger partial charge in [-0.1, -0.05) is 38.8 Å². The fraction of sp³-hybridized carbons (Fsp3) is 0.556. The van der Waals surface area contributed by atoms with Crippen molar-refractivity contribution in [2.24, 2.45) is 17.6 Å². The van der Waals surface area contributed by atoms with Gasteiger partial charge in [0.1, 0.15) is 11.3 Å². The molecule has 3 atom stereocenters. The summed E-state index contributed by atoms with van der Waals surface area (Å²) in [5.74, 6) is 2.22. The molecule has 1 aromatic carbocycles. The Kier molecular flexibility index (Phi) is 3.79. The summed E-state index contributed by atoms with van der Waals surface area (Å²) in [4.78, 5) is 0. The van der Waals surface area contributed by atoms with Crippen LogP contribution in [0.1, 0.15) is 45.8 Å². The van der Waals surface area contributed by atoms with Crippen LogP contribution in [0.5, 0.6) is 0 Å². The Morgan fingerprint density at radius 1 is 1.24 bits per heavy atom. The fourth-order valence-corrected chi connectivity index (χ4v) is 4.02. The first-order valence-electron chi connectivity index (χ1n) is 7.83. The molecule has 2 N–H and O–H groups in total. The molecule has 1 aromatic heterocycles. The van der Waals surface area contributed by atoms with Crippen LogP contribution in [-0.2, 0) is 5.41 Å². The van der Waals surface area contributed by atoms with Gasteiger partial charge in [-0.3, -0.25) is 0 Å². The normalized spacial score (nSPS) is 27.2. The highest BCUT2D eigenvalue weighted by atomic mass is 35.5. The van der Waals surface area contributed by atoms with Gasteiger partial charge in [-0.2, -0.15) is 0 Å². The van der Waals surface area contributed by atoms with Crippen LogP contribution in [0.25, 0.3) is 11.0 Å². The van der Waals surface area contributed by atoms with Gasteiger partial charge in [-0.15, -0.1) is 0 Å². The van der Waals surface area contributed by atoms with Crippen molar-refractivity contribution in [3.8, 4) is 0 Å². The number of benzene rings is 1. The number of hydrogen-bond donors (Lipinski definition) is 1. The molecule has 2 nitrogen and oxygen atoms in total. The quantitative estimate of drug-likeness (QED) is 0.835. The van der Waals surface area contributed by atoms with Crippen LogP contribution in [0, 0.1) is 11.8 Å². The molecule has 21 heavy (non-hydrogen) atoms. The van der Waals surface area contributed by atoms with Crippen molar-refractivity contribution >= 4 is 22.6 Å². The zero-order valence-electron chi connectivity index (χ0n) is 13.0. The highest BCUT2D eigenvalue weighted by Gasteiger charge is 2.40. The minimum absolute atomic E-state index is 0.0505. The van der Waals surface area contributed by atoms with Gasteiger partial charge in [0.25, 0.3) is 0 Å². The molecule has 2 aromatic rings. The van der Waals surface area contributed by atoms with Crippen molar-refractivity contribution in [2.45, 2.75) is 51.5 Å². The molecule has 1 saturated carbocycles. The predicted octanol–water partition coefficient (Wildman–Crippen LogP) is 5.13. The summed E-state index contributed by atoms with van der Waals surface area (Å²) >= 11 is 6.07. The number of rotatable bonds is 2. The SMILES string of the molecule is CC1CCC(C(C)(C)c2cc3cc(Cl)ccc3o2)C(N)C1. The van der Waals surface area contributed by atoms with Gasteiger partial charge >= 0.3 is 0 Å². The lowest BCUT2D eigenvalue weighted by atomic mass is 9.65. The second-order valence-electron chi connectivity index (χ2n) is 7.20. The van der Waals surface area contributed by atoms with Crippen LogP contribution in [0.15, 0.2) is 28.7 Å². The average Bonchev–Trinajstić information content (AvgIpc) is 2.81. The topological polar surface area (TPSA) is 39.2 Å². The number of halogens is 1. The zero-order valence-corrected chi connectivity index (χ0v) is 13.8. The summed E-state index contributed by atoms with van der Waals surface area (Å²) in [5, 5.41) is 1.82. The summed E-state index contributed by atoms with van der Waals surface area (Å²) in [6, 6.07) is 8.16. The van der Waals surface area contributed by atoms with Crippen LogP contribution in [-0.4, -0.2) is 6.04 Å². The molecule has 0 spiro atoms. The third-order valence-corrected chi connectivity index (χ3v) is 5.44. The first-order valence-corrected chi connectivity index (χ1v) is 8.21. The van der Waals surface area contributed by atoms with E-state index in [0.717, 1.165) is 34.1 Å². The second-order valence-corrected chi connectivity index (χ2v) is 7.64. The van der Waals surface area contributed by atoms with Gasteiger partial charge in [-0.05, 0) is 48.9 Å². The van der Waals surface area contributed by atoms with Crippen LogP contribution in [0.4, 0.5) is 0 Å². The van der Waals surface area contributed by atoms with Gasteiger partial charge in [0.15, 0.2) is 0 Å². The Morgan fingerprint density at radius 2 is 2.00 bits per heavy atom. The molecule has 1 aliphatic carbocycles. The molecule has 3 unspecified atom stereocenters. The van der Waals surface area contributed by atoms with E-state index in [4.69, 9.17) is 21.8 Å². The maximum atomic E-state index is 6.45. The van der Waals surface area contributed by atoms with Gasteiger partial charge in [0.05, 0.1) is 0 Å². The predicted molar refractivity (Wildman–Crippen MR) is 88.7 cm³/mol. The van der Waals surface area contributed by atoms with Crippen molar-refractivity contribution in [1.29, 1.82) is 0 Å². The van der Waals surface area contributed by atoms with Crippen LogP contribution < -0.4 is 5.73 Å². The van der Waals surface area contributed by atoms with Gasteiger partial charge < -0.3 is 10.2 Å². The van der Waals surface area contributed by atoms with Gasteiger partial charge in [0.2, 0.25) is 0 Å². The van der Waals surface area contributed by atoms with E-state index in [-0.39, 0.29) is 11.5 Å². The van der Waals surface area contributed by atoms with E-state index in [1.807, 2.05) is 18.2 Å². The lowest BCUT2D eigenvalue weighted by Gasteiger charge is -2.41. The molecule has 114 valence electrons. The molecule has 1 heterocycles. The molecule has 1 aliphatic rings. The average molecular weight is 306 g/mol. The Bertz CT molecular complexity index is 646. The maximum Gasteiger partial charge on any atom is 0.134 e. The first kappa shape index (κ1) is 14.9. The summed E-state index contributed by atoms with van der Waals surface area (Å²) < 4.78 is 6.10. The molecular weight excluding hydrogens is 282 g/mol. The molecular formula is C18H24ClNO. The molecule has 0 amide bonds. The smallest absolute Gasteiger partial charge is 0.134 e. The third kappa shape index (κ3) is 2.72. The summed E-state index contributed by atoms with van der Waals surface area (Å²) in [6.45, 7) is 6.81. The lowest BCUT2D eigenvalue weighted by molar-refractivity contribution is 0.154. The monoisotopic (exact) mass is 305 g/mol. The van der Waals surface area contributed by atoms with Crippen molar-refractivity contribution < 1.29 is 4.42 Å². The van der Waals surface area contributed by atoms with Gasteiger partial charge in [-0.25, -0.2) is 0 Å². The van der Waals surface area contributed by atoms with Crippen LogP contribution in [0.3, 0.4) is 0 Å². The second kappa shape index (κ2) is 5.33. The fourth-order valence-electron chi connectivity index (χ4n) is 3.84. The van der Waals surface area contributed by atoms with E-state index in [1.165, 1.54) is 12.8 Å². The lowest BCUT2D eigenvalue weighted by Crippen LogP contribution is -2.45. The van der Waals surface area contributed by atoms with Crippen molar-refractivity contribution in [1.82, 2.24) is 0 Å². The van der Waals surface area contributed by atoms with Crippen molar-refractivity contribution in [2.75, 3.05) is 0 Å². The van der Waals surface area contributed by atoms with Gasteiger partial charge in [0, 0.05) is 21.9 Å². The molecule has 3 rings (SSSR count). The Balaban J connectivity index is 1.95. The molecule has 3 heteroatoms. The Labute approximate surface area is 131 Å². The Hall–Kier alpha value is -0.990. The largest absolute Gasteiger partial charge is 0.460 e. The molecule has 0 bridgehead atoms. The number of fused-ring (bicyclic) bond motifs is 1. The summed E-state index contributed by atoms with van der Waals surface area (Å²) in [6.07, 6.45) is 3.54. The third-order valence-electron chi connectivity index (χ3n) is 5.20. The summed E-state index contributed by atoms with van der Waals surface area (Å²) in [5.41, 5.74) is 7.30. The number of nitrogens with two attached hydrogens (primary N) is 1. The maximum absolute atomic E-state index is 6.45. The zero-order chi connectivity index (χ0) is 15.2. The van der Waals surface area contributed by atoms with Crippen molar-refractivity contribution in [3.05, 3.63) is 35.0 Å². The van der Waals surface area contributed by atoms with E-state index in [2.05, 4.69) is 26.8 Å². The van der Waals surface area contributed by atoms with Crippen LogP contribution in [0.2, 0.25) is 5.02 Å². The highest BCUT2D eigenvalue weighted by molar-refractivity contribution is 6.31. The molecule has 0 radical (unpaired) electrons. The van der Waals surface area contributed by atoms with E-state index in [0.29, 0.717) is 5.92 Å². The minimum Gasteiger partial charge on any atom is -0.460 e. The Morgan fingerprint density at radius 3 is 2.71 bits per heavy atom. The molecule has 0 saturated heterocycles. The summed E-state index contributed by atoms with van der Waals surface area (Å²) in [7, 11) is 0.